The fraction of sp³-hybridized carbons (Fsp3) is 0.529. The van der Waals surface area contributed by atoms with E-state index in [9.17, 15) is 14.4 Å². The van der Waals surface area contributed by atoms with Gasteiger partial charge in [-0.1, -0.05) is 20.7 Å². The maximum Gasteiger partial charge on any atom is 0.302 e. The number of rotatable bonds is 9. The fourth-order valence-corrected chi connectivity index (χ4v) is 8.68. The van der Waals surface area contributed by atoms with Crippen LogP contribution in [0, 0.1) is 58.2 Å². The molecule has 0 spiro atoms. The highest BCUT2D eigenvalue weighted by atomic mass is 16.2. The summed E-state index contributed by atoms with van der Waals surface area (Å²) in [5, 5.41) is 0.556. The number of nitrogens with zero attached hydrogens (tertiary/aromatic N) is 15. The minimum absolute atomic E-state index is 0.0192. The van der Waals surface area contributed by atoms with Crippen molar-refractivity contribution < 1.29 is 44.5 Å². The van der Waals surface area contributed by atoms with Crippen LogP contribution in [0.4, 0.5) is 17.5 Å². The van der Waals surface area contributed by atoms with E-state index in [1.807, 2.05) is 6.92 Å². The molecule has 378 valence electrons. The summed E-state index contributed by atoms with van der Waals surface area (Å²) < 4.78 is 177. The van der Waals surface area contributed by atoms with Crippen molar-refractivity contribution >= 4 is 68.3 Å². The molecule has 0 unspecified atom stereocenters. The Morgan fingerprint density at radius 2 is 0.958 bits per heavy atom. The van der Waals surface area contributed by atoms with Gasteiger partial charge in [-0.05, 0) is 75.9 Å². The lowest BCUT2D eigenvalue weighted by Gasteiger charge is -2.41. The molecule has 0 radical (unpaired) electrons. The summed E-state index contributed by atoms with van der Waals surface area (Å²) in [6.45, 7) is 9.19. The van der Waals surface area contributed by atoms with Crippen LogP contribution in [0.25, 0.3) is 47.6 Å². The van der Waals surface area contributed by atoms with E-state index < -0.39 is 101 Å². The lowest BCUT2D eigenvalue weighted by molar-refractivity contribution is -0.131. The van der Waals surface area contributed by atoms with Gasteiger partial charge in [0.2, 0.25) is 0 Å². The topological polar surface area (TPSA) is 208 Å². The molecular formula is C51H66N18O3. The Bertz CT molecular complexity index is 3970. The van der Waals surface area contributed by atoms with Crippen LogP contribution >= 0.6 is 0 Å². The Morgan fingerprint density at radius 3 is 1.33 bits per heavy atom. The molecule has 9 rings (SSSR count). The fourth-order valence-electron chi connectivity index (χ4n) is 8.68. The molecule has 9 heterocycles. The summed E-state index contributed by atoms with van der Waals surface area (Å²) in [5.41, 5.74) is 2.24. The third-order valence-corrected chi connectivity index (χ3v) is 12.6. The van der Waals surface area contributed by atoms with E-state index in [-0.39, 0.29) is 115 Å². The quantitative estimate of drug-likeness (QED) is 0.152. The third kappa shape index (κ3) is 11.5. The van der Waals surface area contributed by atoms with Crippen LogP contribution in [0.15, 0.2) is 37.1 Å². The number of hydrogen-bond donors (Lipinski definition) is 3. The van der Waals surface area contributed by atoms with Gasteiger partial charge in [0.25, 0.3) is 19.5 Å². The summed E-state index contributed by atoms with van der Waals surface area (Å²) in [7, 11) is 0. The zero-order valence-corrected chi connectivity index (χ0v) is 39.9. The summed E-state index contributed by atoms with van der Waals surface area (Å²) >= 11 is 0. The van der Waals surface area contributed by atoms with Gasteiger partial charge in [0, 0.05) is 95.1 Å². The van der Waals surface area contributed by atoms with Crippen molar-refractivity contribution in [2.24, 2.45) is 17.7 Å². The molecule has 6 aromatic rings. The van der Waals surface area contributed by atoms with Crippen LogP contribution < -0.4 is 14.7 Å². The predicted octanol–water partition coefficient (Wildman–Crippen LogP) is 5.58. The first-order valence-electron chi connectivity index (χ1n) is 33.5. The normalized spacial score (nSPS) is 27.6. The van der Waals surface area contributed by atoms with Crippen LogP contribution in [-0.2, 0) is 14.4 Å². The van der Waals surface area contributed by atoms with E-state index in [0.29, 0.717) is 29.1 Å². The molecule has 21 nitrogen and oxygen atoms in total. The number of H-pyrrole nitrogens is 3. The van der Waals surface area contributed by atoms with Gasteiger partial charge < -0.3 is 58.9 Å². The second-order valence-corrected chi connectivity index (χ2v) is 17.3. The number of aromatic nitrogens is 9. The summed E-state index contributed by atoms with van der Waals surface area (Å²) in [4.78, 5) is 85.3. The highest BCUT2D eigenvalue weighted by Crippen LogP contribution is 2.32. The van der Waals surface area contributed by atoms with Gasteiger partial charge in [-0.15, -0.1) is 0 Å². The van der Waals surface area contributed by atoms with E-state index in [2.05, 4.69) is 59.4 Å². The lowest BCUT2D eigenvalue weighted by Crippen LogP contribution is -2.53. The van der Waals surface area contributed by atoms with Crippen molar-refractivity contribution in [3.63, 3.8) is 0 Å². The van der Waals surface area contributed by atoms with Gasteiger partial charge in [0.05, 0.1) is 38.4 Å². The Kier molecular flexibility index (Phi) is 9.59. The number of fused-ring (bicyclic) bond motifs is 3. The van der Waals surface area contributed by atoms with Crippen LogP contribution in [-0.4, -0.2) is 175 Å². The molecule has 3 N–H and O–H groups in total. The first-order chi connectivity index (χ1) is 43.2. The standard InChI is InChI=1S/3C17H22N6O/c3*1-11-5-6-23(15(24)8-18-3)9-14(11)22(4)17-13-7-12(2)21-16(13)19-10-20-17/h3*7,10-11,14H,5-6,8-9H2,1-2,4H3,(H,19,20,21)/t3*11-,14+/m111/s1/i4D3,7D,8D2,11D;1D3,4D3,7D,8D2;4D3,7D,8D2. The summed E-state index contributed by atoms with van der Waals surface area (Å²) in [6, 6.07) is -3.07. The lowest BCUT2D eigenvalue weighted by atomic mass is 9.92. The Morgan fingerprint density at radius 1 is 0.611 bits per heavy atom. The number of carbonyl (C=O) groups is 3. The van der Waals surface area contributed by atoms with Gasteiger partial charge in [-0.25, -0.2) is 49.6 Å². The monoisotopic (exact) mass is 1000 g/mol. The van der Waals surface area contributed by atoms with Crippen molar-refractivity contribution in [2.75, 3.05) is 94.4 Å². The molecule has 0 bridgehead atoms. The first kappa shape index (κ1) is 30.1. The molecular weight excluding hydrogens is 913 g/mol. The molecule has 3 saturated heterocycles. The highest BCUT2D eigenvalue weighted by molar-refractivity contribution is 5.90. The summed E-state index contributed by atoms with van der Waals surface area (Å²) in [5.74, 6) is -6.08. The molecule has 21 heteroatoms. The van der Waals surface area contributed by atoms with Crippen molar-refractivity contribution in [3.8, 4) is 0 Å². The molecule has 0 saturated carbocycles. The minimum Gasteiger partial charge on any atom is -0.354 e. The number of nitrogens with one attached hydrogen (secondary N) is 3. The molecule has 0 aromatic carbocycles. The average molecular weight is 1000 g/mol. The minimum atomic E-state index is -2.92. The number of carbonyl (C=O) groups excluding carboxylic acids is 3. The molecule has 72 heavy (non-hydrogen) atoms. The van der Waals surface area contributed by atoms with Gasteiger partial charge in [0.15, 0.2) is 0 Å². The highest BCUT2D eigenvalue weighted by Gasteiger charge is 2.36. The average Bonchev–Trinajstić information content (AvgIpc) is 1.30. The molecule has 3 aliphatic rings. The Labute approximate surface area is 451 Å². The van der Waals surface area contributed by atoms with Crippen molar-refractivity contribution in [3.05, 3.63) is 88.4 Å². The number of piperidine rings is 3. The Balaban J connectivity index is 0.000000200. The number of likely N-dealkylation sites (tertiary alicyclic amines) is 3. The van der Waals surface area contributed by atoms with Crippen LogP contribution in [0.2, 0.25) is 0 Å². The van der Waals surface area contributed by atoms with E-state index in [4.69, 9.17) is 49.9 Å². The van der Waals surface area contributed by atoms with E-state index >= 15 is 0 Å². The van der Waals surface area contributed by atoms with Crippen molar-refractivity contribution in [1.82, 2.24) is 59.6 Å². The predicted molar refractivity (Wildman–Crippen MR) is 278 cm³/mol. The summed E-state index contributed by atoms with van der Waals surface area (Å²) in [6.07, 6.45) is 3.85. The molecule has 3 amide bonds. The maximum absolute atomic E-state index is 12.6. The Hall–Kier alpha value is -7.86. The van der Waals surface area contributed by atoms with E-state index in [1.54, 1.807) is 27.7 Å². The molecule has 6 atom stereocenters. The zero-order valence-electron chi connectivity index (χ0n) is 61.9. The number of aryl methyl sites for hydroxylation is 3. The van der Waals surface area contributed by atoms with Crippen molar-refractivity contribution in [2.45, 2.75) is 78.9 Å². The van der Waals surface area contributed by atoms with Crippen LogP contribution in [0.3, 0.4) is 0 Å². The van der Waals surface area contributed by atoms with Crippen LogP contribution in [0.1, 0.15) is 87.2 Å². The number of hydrogen-bond acceptors (Lipinski definition) is 12. The van der Waals surface area contributed by atoms with Gasteiger partial charge in [-0.2, -0.15) is 0 Å². The number of amides is 3. The maximum atomic E-state index is 12.6. The SMILES string of the molecule is [2H]c1c(C)[nH]c2ncnc(N([C@H]3CN(C(=O)C([2H])([2H])[N+]#[C-])CC[C@@]3([2H])C)C([2H])([2H])[2H])c12.[2H]c1c(C)[nH]c2ncnc(N([C@H]3CN(C(=O)C([2H])([2H])[N+]#[C-])CC[C@H]3C([2H])([2H])[2H])C([2H])([2H])[2H])c12.[2H]c1c(C)[nH]c2ncnc(N([C@H]3CN(C(=O)C([2H])([2H])[N+]#[C-])CC[C@H]3C)C([2H])([2H])[2H])c12. The number of anilines is 3. The molecule has 3 aliphatic heterocycles. The largest absolute Gasteiger partial charge is 0.354 e. The van der Waals surface area contributed by atoms with Gasteiger partial charge in [0.1, 0.15) is 61.6 Å². The van der Waals surface area contributed by atoms with E-state index in [1.165, 1.54) is 11.2 Å². The van der Waals surface area contributed by atoms with Crippen LogP contribution in [0.5, 0.6) is 0 Å². The van der Waals surface area contributed by atoms with E-state index in [0.717, 1.165) is 37.2 Å². The van der Waals surface area contributed by atoms with Gasteiger partial charge >= 0.3 is 17.7 Å². The van der Waals surface area contributed by atoms with Crippen molar-refractivity contribution in [1.29, 1.82) is 0 Å². The smallest absolute Gasteiger partial charge is 0.302 e. The second-order valence-electron chi connectivity index (χ2n) is 17.3. The number of likely N-dealkylation sites (N-methyl/N-ethyl adjacent to an activating group) is 3. The first-order valence-corrected chi connectivity index (χ1v) is 22.5. The molecule has 0 aliphatic carbocycles. The number of aromatic amines is 3. The zero-order chi connectivity index (χ0) is 70.7. The van der Waals surface area contributed by atoms with Gasteiger partial charge in [-0.3, -0.25) is 14.4 Å². The second kappa shape index (κ2) is 22.9. The molecule has 6 aromatic heterocycles. The third-order valence-electron chi connectivity index (χ3n) is 12.6. The molecule has 3 fully saturated rings.